The summed E-state index contributed by atoms with van der Waals surface area (Å²) < 4.78 is 13.4. The van der Waals surface area contributed by atoms with Gasteiger partial charge in [0.25, 0.3) is 0 Å². The zero-order valence-electron chi connectivity index (χ0n) is 12.3. The van der Waals surface area contributed by atoms with E-state index in [4.69, 9.17) is 12.2 Å². The lowest BCUT2D eigenvalue weighted by molar-refractivity contribution is 0.607. The van der Waals surface area contributed by atoms with E-state index in [9.17, 15) is 4.39 Å². The van der Waals surface area contributed by atoms with E-state index in [0.717, 1.165) is 18.5 Å². The number of hydrogen-bond acceptors (Lipinski definition) is 1. The number of allylic oxidation sites excluding steroid dienone is 1. The number of halogens is 1. The molecule has 0 atom stereocenters. The Kier molecular flexibility index (Phi) is 6.67. The fourth-order valence-corrected chi connectivity index (χ4v) is 2.75. The van der Waals surface area contributed by atoms with Crippen LogP contribution in [0.3, 0.4) is 0 Å². The molecule has 0 spiro atoms. The van der Waals surface area contributed by atoms with E-state index in [0.29, 0.717) is 18.1 Å². The summed E-state index contributed by atoms with van der Waals surface area (Å²) in [6.45, 7) is 1.52. The van der Waals surface area contributed by atoms with Crippen molar-refractivity contribution in [1.29, 1.82) is 0 Å². The molecule has 0 heterocycles. The lowest BCUT2D eigenvalue weighted by Crippen LogP contribution is -2.37. The van der Waals surface area contributed by atoms with Crippen molar-refractivity contribution in [2.24, 2.45) is 0 Å². The predicted molar refractivity (Wildman–Crippen MR) is 89.9 cm³/mol. The van der Waals surface area contributed by atoms with Gasteiger partial charge < -0.3 is 10.6 Å². The largest absolute Gasteiger partial charge is 0.362 e. The Morgan fingerprint density at radius 3 is 2.57 bits per heavy atom. The zero-order chi connectivity index (χ0) is 14.9. The van der Waals surface area contributed by atoms with Crippen LogP contribution in [-0.4, -0.2) is 18.2 Å². The molecule has 2 N–H and O–H groups in total. The first kappa shape index (κ1) is 16.0. The lowest BCUT2D eigenvalue weighted by Gasteiger charge is -2.14. The van der Waals surface area contributed by atoms with Crippen LogP contribution in [0.4, 0.5) is 4.39 Å². The summed E-state index contributed by atoms with van der Waals surface area (Å²) in [5.41, 5.74) is 2.27. The van der Waals surface area contributed by atoms with Gasteiger partial charge in [0, 0.05) is 13.1 Å². The van der Waals surface area contributed by atoms with Gasteiger partial charge in [0.15, 0.2) is 5.11 Å². The van der Waals surface area contributed by atoms with Gasteiger partial charge in [0.1, 0.15) is 5.82 Å². The third kappa shape index (κ3) is 5.84. The molecule has 2 rings (SSSR count). The highest BCUT2D eigenvalue weighted by Gasteiger charge is 2.04. The quantitative estimate of drug-likeness (QED) is 0.619. The number of rotatable bonds is 6. The Morgan fingerprint density at radius 1 is 1.10 bits per heavy atom. The van der Waals surface area contributed by atoms with Gasteiger partial charge in [0.2, 0.25) is 0 Å². The second kappa shape index (κ2) is 8.78. The predicted octanol–water partition coefficient (Wildman–Crippen LogP) is 3.72. The maximum atomic E-state index is 13.4. The van der Waals surface area contributed by atoms with E-state index in [-0.39, 0.29) is 5.82 Å². The monoisotopic (exact) mass is 306 g/mol. The van der Waals surface area contributed by atoms with E-state index in [1.54, 1.807) is 11.6 Å². The van der Waals surface area contributed by atoms with Gasteiger partial charge in [0.05, 0.1) is 0 Å². The minimum atomic E-state index is -0.151. The Bertz CT molecular complexity index is 499. The minimum Gasteiger partial charge on any atom is -0.362 e. The van der Waals surface area contributed by atoms with Gasteiger partial charge in [-0.15, -0.1) is 0 Å². The van der Waals surface area contributed by atoms with Gasteiger partial charge >= 0.3 is 0 Å². The molecule has 1 aliphatic carbocycles. The molecule has 4 heteroatoms. The Morgan fingerprint density at radius 2 is 1.86 bits per heavy atom. The van der Waals surface area contributed by atoms with Crippen LogP contribution in [0.2, 0.25) is 0 Å². The van der Waals surface area contributed by atoms with Crippen molar-refractivity contribution >= 4 is 17.3 Å². The molecule has 0 bridgehead atoms. The normalized spacial score (nSPS) is 14.4. The molecule has 1 aromatic carbocycles. The minimum absolute atomic E-state index is 0.151. The number of thiocarbonyl (C=S) groups is 1. The van der Waals surface area contributed by atoms with Crippen molar-refractivity contribution in [3.05, 3.63) is 47.3 Å². The molecule has 1 aliphatic rings. The maximum absolute atomic E-state index is 13.4. The Hall–Kier alpha value is -1.42. The molecule has 0 aromatic heterocycles. The van der Waals surface area contributed by atoms with Crippen molar-refractivity contribution < 1.29 is 4.39 Å². The van der Waals surface area contributed by atoms with Crippen molar-refractivity contribution in [3.63, 3.8) is 0 Å². The maximum Gasteiger partial charge on any atom is 0.166 e. The molecular formula is C17H23FN2S. The summed E-state index contributed by atoms with van der Waals surface area (Å²) in [5.74, 6) is -0.151. The van der Waals surface area contributed by atoms with Crippen molar-refractivity contribution in [1.82, 2.24) is 10.6 Å². The SMILES string of the molecule is Fc1ccccc1CCNC(=S)NCCC1=CCCCC1. The first-order valence-electron chi connectivity index (χ1n) is 7.69. The number of hydrogen-bond donors (Lipinski definition) is 2. The van der Waals surface area contributed by atoms with Crippen molar-refractivity contribution in [3.8, 4) is 0 Å². The van der Waals surface area contributed by atoms with Gasteiger partial charge in [-0.25, -0.2) is 4.39 Å². The fraction of sp³-hybridized carbons (Fsp3) is 0.471. The molecule has 114 valence electrons. The first-order valence-corrected chi connectivity index (χ1v) is 8.09. The highest BCUT2D eigenvalue weighted by atomic mass is 32.1. The number of nitrogens with one attached hydrogen (secondary N) is 2. The molecule has 2 nitrogen and oxygen atoms in total. The third-order valence-corrected chi connectivity index (χ3v) is 4.04. The summed E-state index contributed by atoms with van der Waals surface area (Å²) in [6, 6.07) is 6.86. The van der Waals surface area contributed by atoms with Crippen LogP contribution >= 0.6 is 12.2 Å². The van der Waals surface area contributed by atoms with Crippen LogP contribution in [0, 0.1) is 5.82 Å². The van der Waals surface area contributed by atoms with E-state index in [1.807, 2.05) is 12.1 Å². The Balaban J connectivity index is 1.59. The van der Waals surface area contributed by atoms with Crippen LogP contribution < -0.4 is 10.6 Å². The van der Waals surface area contributed by atoms with Crippen LogP contribution in [0.1, 0.15) is 37.7 Å². The molecule has 0 aliphatic heterocycles. The van der Waals surface area contributed by atoms with E-state index in [2.05, 4.69) is 16.7 Å². The summed E-state index contributed by atoms with van der Waals surface area (Å²) in [4.78, 5) is 0. The molecule has 0 unspecified atom stereocenters. The molecular weight excluding hydrogens is 283 g/mol. The molecule has 0 radical (unpaired) electrons. The zero-order valence-corrected chi connectivity index (χ0v) is 13.1. The molecule has 0 saturated heterocycles. The van der Waals surface area contributed by atoms with Crippen LogP contribution in [-0.2, 0) is 6.42 Å². The summed E-state index contributed by atoms with van der Waals surface area (Å²) in [7, 11) is 0. The smallest absolute Gasteiger partial charge is 0.166 e. The van der Waals surface area contributed by atoms with E-state index in [1.165, 1.54) is 31.7 Å². The van der Waals surface area contributed by atoms with Crippen LogP contribution in [0.25, 0.3) is 0 Å². The highest BCUT2D eigenvalue weighted by molar-refractivity contribution is 7.80. The highest BCUT2D eigenvalue weighted by Crippen LogP contribution is 2.19. The molecule has 1 aromatic rings. The average molecular weight is 306 g/mol. The second-order valence-corrected chi connectivity index (χ2v) is 5.79. The molecule has 21 heavy (non-hydrogen) atoms. The van der Waals surface area contributed by atoms with Gasteiger partial charge in [-0.05, 0) is 62.4 Å². The van der Waals surface area contributed by atoms with Gasteiger partial charge in [-0.2, -0.15) is 0 Å². The lowest BCUT2D eigenvalue weighted by atomic mass is 9.97. The molecule has 0 amide bonds. The van der Waals surface area contributed by atoms with E-state index >= 15 is 0 Å². The summed E-state index contributed by atoms with van der Waals surface area (Å²) >= 11 is 5.23. The van der Waals surface area contributed by atoms with E-state index < -0.39 is 0 Å². The average Bonchev–Trinajstić information content (AvgIpc) is 2.50. The summed E-state index contributed by atoms with van der Waals surface area (Å²) in [5, 5.41) is 7.00. The fourth-order valence-electron chi connectivity index (χ4n) is 2.54. The van der Waals surface area contributed by atoms with Crippen molar-refractivity contribution in [2.75, 3.05) is 13.1 Å². The Labute approximate surface area is 131 Å². The number of benzene rings is 1. The first-order chi connectivity index (χ1) is 10.3. The van der Waals surface area contributed by atoms with Crippen LogP contribution in [0.5, 0.6) is 0 Å². The standard InChI is InChI=1S/C17H23FN2S/c18-16-9-5-4-8-15(16)11-13-20-17(21)19-12-10-14-6-2-1-3-7-14/h4-6,8-9H,1-3,7,10-13H2,(H2,19,20,21). The van der Waals surface area contributed by atoms with Gasteiger partial charge in [-0.1, -0.05) is 29.8 Å². The topological polar surface area (TPSA) is 24.1 Å². The molecule has 0 fully saturated rings. The summed E-state index contributed by atoms with van der Waals surface area (Å²) in [6.07, 6.45) is 9.16. The van der Waals surface area contributed by atoms with Gasteiger partial charge in [-0.3, -0.25) is 0 Å². The second-order valence-electron chi connectivity index (χ2n) is 5.38. The van der Waals surface area contributed by atoms with Crippen LogP contribution in [0.15, 0.2) is 35.9 Å². The third-order valence-electron chi connectivity index (χ3n) is 3.75. The van der Waals surface area contributed by atoms with Crippen molar-refractivity contribution in [2.45, 2.75) is 38.5 Å². The molecule has 0 saturated carbocycles.